The van der Waals surface area contributed by atoms with Gasteiger partial charge in [0.15, 0.2) is 0 Å². The Kier molecular flexibility index (Phi) is 4.40. The van der Waals surface area contributed by atoms with Crippen molar-refractivity contribution in [3.05, 3.63) is 35.1 Å². The van der Waals surface area contributed by atoms with Crippen molar-refractivity contribution in [1.82, 2.24) is 5.32 Å². The van der Waals surface area contributed by atoms with Crippen LogP contribution in [-0.2, 0) is 0 Å². The molecule has 0 bridgehead atoms. The fraction of sp³-hybridized carbons (Fsp3) is 0.385. The van der Waals surface area contributed by atoms with E-state index in [2.05, 4.69) is 5.32 Å². The van der Waals surface area contributed by atoms with Gasteiger partial charge in [-0.2, -0.15) is 0 Å². The third kappa shape index (κ3) is 3.50. The maximum atomic E-state index is 13.6. The van der Waals surface area contributed by atoms with E-state index < -0.39 is 17.1 Å². The molecule has 0 aliphatic carbocycles. The van der Waals surface area contributed by atoms with Crippen LogP contribution in [-0.4, -0.2) is 17.4 Å². The lowest BCUT2D eigenvalue weighted by Gasteiger charge is -2.23. The molecule has 1 amide bonds. The molecule has 3 nitrogen and oxygen atoms in total. The van der Waals surface area contributed by atoms with E-state index in [0.717, 1.165) is 5.56 Å². The standard InChI is InChI=1S/C13H17FN2OS/c1-8-4-5-9(10(14)6-8)11(17)16-7-13(2,3)12(15)18/h4-6H,7H2,1-3H3,(H2,15,18)(H,16,17). The lowest BCUT2D eigenvalue weighted by atomic mass is 9.93. The summed E-state index contributed by atoms with van der Waals surface area (Å²) in [5, 5.41) is 2.63. The number of hydrogen-bond donors (Lipinski definition) is 2. The number of rotatable bonds is 4. The van der Waals surface area contributed by atoms with Gasteiger partial charge >= 0.3 is 0 Å². The molecule has 0 aliphatic heterocycles. The van der Waals surface area contributed by atoms with Crippen molar-refractivity contribution in [3.63, 3.8) is 0 Å². The van der Waals surface area contributed by atoms with E-state index in [4.69, 9.17) is 18.0 Å². The van der Waals surface area contributed by atoms with Crippen molar-refractivity contribution in [2.45, 2.75) is 20.8 Å². The highest BCUT2D eigenvalue weighted by atomic mass is 32.1. The molecule has 0 fully saturated rings. The van der Waals surface area contributed by atoms with Gasteiger partial charge in [-0.25, -0.2) is 4.39 Å². The Bertz CT molecular complexity index is 486. The van der Waals surface area contributed by atoms with Gasteiger partial charge in [-0.05, 0) is 24.6 Å². The number of hydrogen-bond acceptors (Lipinski definition) is 2. The first kappa shape index (κ1) is 14.6. The van der Waals surface area contributed by atoms with E-state index in [0.29, 0.717) is 4.99 Å². The monoisotopic (exact) mass is 268 g/mol. The second-order valence-corrected chi connectivity index (χ2v) is 5.35. The molecule has 1 rings (SSSR count). The molecule has 0 saturated heterocycles. The van der Waals surface area contributed by atoms with Gasteiger partial charge in [0, 0.05) is 12.0 Å². The van der Waals surface area contributed by atoms with Crippen molar-refractivity contribution in [1.29, 1.82) is 0 Å². The Labute approximate surface area is 112 Å². The molecule has 0 heterocycles. The van der Waals surface area contributed by atoms with Crippen molar-refractivity contribution < 1.29 is 9.18 Å². The van der Waals surface area contributed by atoms with Gasteiger partial charge in [0.2, 0.25) is 0 Å². The van der Waals surface area contributed by atoms with Crippen molar-refractivity contribution in [3.8, 4) is 0 Å². The molecule has 0 saturated carbocycles. The summed E-state index contributed by atoms with van der Waals surface area (Å²) >= 11 is 4.90. The van der Waals surface area contributed by atoms with Crippen molar-refractivity contribution in [2.75, 3.05) is 6.54 Å². The van der Waals surface area contributed by atoms with Gasteiger partial charge in [-0.3, -0.25) is 4.79 Å². The highest BCUT2D eigenvalue weighted by Gasteiger charge is 2.23. The molecule has 3 N–H and O–H groups in total. The Morgan fingerprint density at radius 3 is 2.61 bits per heavy atom. The number of thiocarbonyl (C=S) groups is 1. The van der Waals surface area contributed by atoms with Crippen LogP contribution in [0, 0.1) is 18.2 Å². The molecule has 18 heavy (non-hydrogen) atoms. The van der Waals surface area contributed by atoms with E-state index in [1.165, 1.54) is 12.1 Å². The Morgan fingerprint density at radius 2 is 2.11 bits per heavy atom. The average Bonchev–Trinajstić information content (AvgIpc) is 2.25. The van der Waals surface area contributed by atoms with Crippen LogP contribution in [0.3, 0.4) is 0 Å². The second kappa shape index (κ2) is 5.44. The predicted molar refractivity (Wildman–Crippen MR) is 74.0 cm³/mol. The van der Waals surface area contributed by atoms with Crippen LogP contribution in [0.25, 0.3) is 0 Å². The summed E-state index contributed by atoms with van der Waals surface area (Å²) in [5.74, 6) is -0.988. The first-order chi connectivity index (χ1) is 8.24. The van der Waals surface area contributed by atoms with Crippen LogP contribution in [0.15, 0.2) is 18.2 Å². The number of nitrogens with one attached hydrogen (secondary N) is 1. The van der Waals surface area contributed by atoms with Crippen LogP contribution in [0.4, 0.5) is 4.39 Å². The summed E-state index contributed by atoms with van der Waals surface area (Å²) in [4.78, 5) is 12.1. The van der Waals surface area contributed by atoms with Crippen LogP contribution in [0.1, 0.15) is 29.8 Å². The van der Waals surface area contributed by atoms with Gasteiger partial charge in [-0.1, -0.05) is 32.1 Å². The fourth-order valence-corrected chi connectivity index (χ4v) is 1.36. The molecule has 1 aromatic carbocycles. The number of carbonyl (C=O) groups is 1. The minimum absolute atomic E-state index is 0.0272. The molecule has 0 radical (unpaired) electrons. The molecule has 0 aromatic heterocycles. The van der Waals surface area contributed by atoms with Crippen LogP contribution < -0.4 is 11.1 Å². The minimum Gasteiger partial charge on any atom is -0.393 e. The summed E-state index contributed by atoms with van der Waals surface area (Å²) in [7, 11) is 0. The molecule has 0 unspecified atom stereocenters. The predicted octanol–water partition coefficient (Wildman–Crippen LogP) is 2.18. The van der Waals surface area contributed by atoms with Crippen LogP contribution in [0.2, 0.25) is 0 Å². The number of nitrogens with two attached hydrogens (primary N) is 1. The zero-order valence-electron chi connectivity index (χ0n) is 10.7. The lowest BCUT2D eigenvalue weighted by Crippen LogP contribution is -2.41. The van der Waals surface area contributed by atoms with E-state index >= 15 is 0 Å². The van der Waals surface area contributed by atoms with Crippen molar-refractivity contribution in [2.24, 2.45) is 11.1 Å². The largest absolute Gasteiger partial charge is 0.393 e. The first-order valence-electron chi connectivity index (χ1n) is 5.58. The summed E-state index contributed by atoms with van der Waals surface area (Å²) in [6, 6.07) is 4.48. The Hall–Kier alpha value is -1.49. The molecule has 0 aliphatic rings. The zero-order valence-corrected chi connectivity index (χ0v) is 11.5. The Balaban J connectivity index is 2.75. The number of carbonyl (C=O) groups excluding carboxylic acids is 1. The minimum atomic E-state index is -0.527. The van der Waals surface area contributed by atoms with E-state index in [1.54, 1.807) is 13.0 Å². The molecular formula is C13H17FN2OS. The molecule has 0 atom stereocenters. The maximum Gasteiger partial charge on any atom is 0.254 e. The molecule has 0 spiro atoms. The van der Waals surface area contributed by atoms with Gasteiger partial charge in [0.05, 0.1) is 10.6 Å². The lowest BCUT2D eigenvalue weighted by molar-refractivity contribution is 0.0941. The first-order valence-corrected chi connectivity index (χ1v) is 5.99. The van der Waals surface area contributed by atoms with E-state index in [9.17, 15) is 9.18 Å². The van der Waals surface area contributed by atoms with Gasteiger partial charge in [0.25, 0.3) is 5.91 Å². The van der Waals surface area contributed by atoms with Crippen molar-refractivity contribution >= 4 is 23.1 Å². The quantitative estimate of drug-likeness (QED) is 0.823. The highest BCUT2D eigenvalue weighted by molar-refractivity contribution is 7.80. The van der Waals surface area contributed by atoms with Gasteiger partial charge in [-0.15, -0.1) is 0 Å². The molecule has 5 heteroatoms. The SMILES string of the molecule is Cc1ccc(C(=O)NCC(C)(C)C(N)=S)c(F)c1. The summed E-state index contributed by atoms with van der Waals surface area (Å²) < 4.78 is 13.6. The van der Waals surface area contributed by atoms with Gasteiger partial charge in [0.1, 0.15) is 5.82 Å². The Morgan fingerprint density at radius 1 is 1.50 bits per heavy atom. The summed E-state index contributed by atoms with van der Waals surface area (Å²) in [6.07, 6.45) is 0. The third-order valence-corrected chi connectivity index (χ3v) is 3.28. The molecular weight excluding hydrogens is 251 g/mol. The maximum absolute atomic E-state index is 13.6. The van der Waals surface area contributed by atoms with E-state index in [1.807, 2.05) is 13.8 Å². The number of aryl methyl sites for hydroxylation is 1. The van der Waals surface area contributed by atoms with Crippen LogP contribution >= 0.6 is 12.2 Å². The second-order valence-electron chi connectivity index (χ2n) is 4.91. The molecule has 1 aromatic rings. The molecule has 98 valence electrons. The van der Waals surface area contributed by atoms with Gasteiger partial charge < -0.3 is 11.1 Å². The topological polar surface area (TPSA) is 55.1 Å². The smallest absolute Gasteiger partial charge is 0.254 e. The third-order valence-electron chi connectivity index (χ3n) is 2.73. The zero-order chi connectivity index (χ0) is 13.9. The number of amides is 1. The number of halogens is 1. The number of benzene rings is 1. The normalized spacial score (nSPS) is 11.1. The van der Waals surface area contributed by atoms with E-state index in [-0.39, 0.29) is 12.1 Å². The summed E-state index contributed by atoms with van der Waals surface area (Å²) in [6.45, 7) is 5.68. The average molecular weight is 268 g/mol. The van der Waals surface area contributed by atoms with Crippen LogP contribution in [0.5, 0.6) is 0 Å². The summed E-state index contributed by atoms with van der Waals surface area (Å²) in [5.41, 5.74) is 5.86. The fourth-order valence-electron chi connectivity index (χ4n) is 1.29. The highest BCUT2D eigenvalue weighted by Crippen LogP contribution is 2.15.